The van der Waals surface area contributed by atoms with Crippen molar-refractivity contribution in [3.8, 4) is 5.75 Å². The first-order valence-electron chi connectivity index (χ1n) is 5.51. The van der Waals surface area contributed by atoms with Crippen molar-refractivity contribution in [3.63, 3.8) is 0 Å². The van der Waals surface area contributed by atoms with Gasteiger partial charge in [0.05, 0.1) is 4.92 Å². The first-order valence-corrected chi connectivity index (χ1v) is 5.51. The number of nitrogens with zero attached hydrogens (tertiary/aromatic N) is 2. The number of amides is 1. The summed E-state index contributed by atoms with van der Waals surface area (Å²) in [7, 11) is 0. The van der Waals surface area contributed by atoms with Gasteiger partial charge in [0.2, 0.25) is 0 Å². The number of phenols is 1. The van der Waals surface area contributed by atoms with Crippen LogP contribution in [-0.2, 0) is 0 Å². The van der Waals surface area contributed by atoms with Gasteiger partial charge in [-0.05, 0) is 17.1 Å². The van der Waals surface area contributed by atoms with Crippen LogP contribution in [0.2, 0.25) is 0 Å². The molecule has 0 spiro atoms. The topological polar surface area (TPSA) is 151 Å². The first-order chi connectivity index (χ1) is 9.90. The van der Waals surface area contributed by atoms with Gasteiger partial charge in [-0.1, -0.05) is 6.07 Å². The number of aromatic nitrogens is 1. The van der Waals surface area contributed by atoms with E-state index in [9.17, 15) is 30.1 Å². The maximum absolute atomic E-state index is 11.9. The minimum Gasteiger partial charge on any atom is -0.505 e. The molecule has 0 unspecified atom stereocenters. The molecule has 0 aliphatic rings. The van der Waals surface area contributed by atoms with Crippen molar-refractivity contribution >= 4 is 23.1 Å². The lowest BCUT2D eigenvalue weighted by atomic mass is 10.2. The summed E-state index contributed by atoms with van der Waals surface area (Å²) in [6.07, 6.45) is 0. The Morgan fingerprint density at radius 1 is 1.14 bits per heavy atom. The molecule has 3 N–H and O–H groups in total. The number of benzene rings is 1. The number of hydrogen-bond donors (Lipinski definition) is 3. The maximum Gasteiger partial charge on any atom is 0.321 e. The van der Waals surface area contributed by atoms with Gasteiger partial charge in [-0.25, -0.2) is 4.98 Å². The highest BCUT2D eigenvalue weighted by atomic mass is 16.6. The van der Waals surface area contributed by atoms with Crippen LogP contribution in [0.1, 0.15) is 10.5 Å². The largest absolute Gasteiger partial charge is 0.505 e. The average molecular weight is 292 g/mol. The number of H-pyrrole nitrogens is 1. The van der Waals surface area contributed by atoms with Crippen molar-refractivity contribution < 1.29 is 19.7 Å². The third-order valence-corrected chi connectivity index (χ3v) is 2.57. The number of rotatable bonds is 4. The van der Waals surface area contributed by atoms with Crippen molar-refractivity contribution in [2.75, 3.05) is 5.32 Å². The summed E-state index contributed by atoms with van der Waals surface area (Å²) >= 11 is 0. The van der Waals surface area contributed by atoms with Gasteiger partial charge >= 0.3 is 5.82 Å². The van der Waals surface area contributed by atoms with E-state index in [4.69, 9.17) is 0 Å². The predicted molar refractivity (Wildman–Crippen MR) is 70.2 cm³/mol. The molecule has 10 nitrogen and oxygen atoms in total. The lowest BCUT2D eigenvalue weighted by molar-refractivity contribution is -0.389. The highest BCUT2D eigenvalue weighted by molar-refractivity contribution is 6.05. The molecule has 1 aromatic carbocycles. The van der Waals surface area contributed by atoms with Crippen LogP contribution in [0, 0.1) is 20.2 Å². The van der Waals surface area contributed by atoms with Crippen LogP contribution >= 0.6 is 0 Å². The molecule has 2 aromatic rings. The second-order valence-electron chi connectivity index (χ2n) is 3.90. The molecule has 0 fully saturated rings. The van der Waals surface area contributed by atoms with Gasteiger partial charge in [0.25, 0.3) is 11.6 Å². The number of aromatic amines is 1. The molecule has 0 aliphatic heterocycles. The van der Waals surface area contributed by atoms with Crippen LogP contribution in [0.5, 0.6) is 5.75 Å². The highest BCUT2D eigenvalue weighted by Crippen LogP contribution is 2.33. The second kappa shape index (κ2) is 5.28. The van der Waals surface area contributed by atoms with E-state index in [1.807, 2.05) is 0 Å². The molecule has 0 saturated heterocycles. The zero-order valence-corrected chi connectivity index (χ0v) is 10.3. The maximum atomic E-state index is 11.9. The van der Waals surface area contributed by atoms with Gasteiger partial charge in [-0.15, -0.1) is 0 Å². The molecule has 0 bridgehead atoms. The van der Waals surface area contributed by atoms with E-state index in [0.717, 1.165) is 18.2 Å². The number of nitro groups is 2. The van der Waals surface area contributed by atoms with Gasteiger partial charge in [0, 0.05) is 12.1 Å². The number of anilines is 1. The first kappa shape index (κ1) is 14.0. The van der Waals surface area contributed by atoms with Gasteiger partial charge in [0.1, 0.15) is 5.75 Å². The molecule has 2 rings (SSSR count). The molecule has 0 atom stereocenters. The summed E-state index contributed by atoms with van der Waals surface area (Å²) in [5.41, 5.74) is -1.05. The smallest absolute Gasteiger partial charge is 0.321 e. The number of aromatic hydroxyl groups is 1. The average Bonchev–Trinajstić information content (AvgIpc) is 2.90. The van der Waals surface area contributed by atoms with E-state index >= 15 is 0 Å². The van der Waals surface area contributed by atoms with Crippen molar-refractivity contribution in [1.29, 1.82) is 0 Å². The highest BCUT2D eigenvalue weighted by Gasteiger charge is 2.22. The van der Waals surface area contributed by atoms with Crippen LogP contribution in [0.15, 0.2) is 30.3 Å². The Bertz CT molecular complexity index is 738. The van der Waals surface area contributed by atoms with Crippen LogP contribution in [-0.4, -0.2) is 25.8 Å². The number of para-hydroxylation sites is 1. The van der Waals surface area contributed by atoms with Crippen molar-refractivity contribution in [2.24, 2.45) is 0 Å². The third-order valence-electron chi connectivity index (χ3n) is 2.57. The Morgan fingerprint density at radius 2 is 1.86 bits per heavy atom. The van der Waals surface area contributed by atoms with Crippen LogP contribution in [0.3, 0.4) is 0 Å². The van der Waals surface area contributed by atoms with E-state index in [1.54, 1.807) is 0 Å². The van der Waals surface area contributed by atoms with Gasteiger partial charge in [0.15, 0.2) is 11.4 Å². The van der Waals surface area contributed by atoms with E-state index in [1.165, 1.54) is 12.1 Å². The van der Waals surface area contributed by atoms with Crippen LogP contribution in [0.25, 0.3) is 0 Å². The van der Waals surface area contributed by atoms with Crippen molar-refractivity contribution in [2.45, 2.75) is 0 Å². The van der Waals surface area contributed by atoms with Gasteiger partial charge in [-0.3, -0.25) is 14.9 Å². The lowest BCUT2D eigenvalue weighted by Crippen LogP contribution is -2.13. The van der Waals surface area contributed by atoms with E-state index in [0.29, 0.717) is 0 Å². The summed E-state index contributed by atoms with van der Waals surface area (Å²) in [4.78, 5) is 34.0. The summed E-state index contributed by atoms with van der Waals surface area (Å²) < 4.78 is 0. The molecule has 21 heavy (non-hydrogen) atoms. The SMILES string of the molecule is O=C(Nc1c(O)cccc1[N+](=O)[O-])c1ccc([N+](=O)[O-])[nH]1. The number of carbonyl (C=O) groups is 1. The summed E-state index contributed by atoms with van der Waals surface area (Å²) in [5.74, 6) is -1.74. The van der Waals surface area contributed by atoms with Crippen molar-refractivity contribution in [1.82, 2.24) is 4.98 Å². The van der Waals surface area contributed by atoms with Crippen molar-refractivity contribution in [3.05, 3.63) is 56.3 Å². The lowest BCUT2D eigenvalue weighted by Gasteiger charge is -2.05. The minimum absolute atomic E-state index is 0.167. The monoisotopic (exact) mass is 292 g/mol. The Hall–Kier alpha value is -3.43. The second-order valence-corrected chi connectivity index (χ2v) is 3.90. The fourth-order valence-electron chi connectivity index (χ4n) is 1.61. The quantitative estimate of drug-likeness (QED) is 0.443. The molecular formula is C11H8N4O6. The van der Waals surface area contributed by atoms with E-state index in [2.05, 4.69) is 10.3 Å². The number of carbonyl (C=O) groups excluding carboxylic acids is 1. The standard InChI is InChI=1S/C11H8N4O6/c16-8-3-1-2-7(14(18)19)10(8)13-11(17)6-4-5-9(12-6)15(20)21/h1-5,12,16H,(H,13,17). The number of nitro benzene ring substituents is 1. The summed E-state index contributed by atoms with van der Waals surface area (Å²) in [6.45, 7) is 0. The number of nitrogens with one attached hydrogen (secondary N) is 2. The Labute approximate surface area is 116 Å². The molecule has 0 aliphatic carbocycles. The number of phenolic OH excluding ortho intramolecular Hbond substituents is 1. The number of hydrogen-bond acceptors (Lipinski definition) is 6. The van der Waals surface area contributed by atoms with Crippen LogP contribution < -0.4 is 5.32 Å². The Balaban J connectivity index is 2.31. The molecular weight excluding hydrogens is 284 g/mol. The molecule has 10 heteroatoms. The summed E-state index contributed by atoms with van der Waals surface area (Å²) in [6, 6.07) is 5.75. The zero-order chi connectivity index (χ0) is 15.6. The molecule has 0 radical (unpaired) electrons. The van der Waals surface area contributed by atoms with Gasteiger partial charge in [-0.2, -0.15) is 0 Å². The fourth-order valence-corrected chi connectivity index (χ4v) is 1.61. The predicted octanol–water partition coefficient (Wildman–Crippen LogP) is 1.79. The van der Waals surface area contributed by atoms with E-state index in [-0.39, 0.29) is 11.4 Å². The summed E-state index contributed by atoms with van der Waals surface area (Å²) in [5, 5.41) is 33.1. The Kier molecular flexibility index (Phi) is 3.52. The van der Waals surface area contributed by atoms with Crippen LogP contribution in [0.4, 0.5) is 17.2 Å². The zero-order valence-electron chi connectivity index (χ0n) is 10.3. The van der Waals surface area contributed by atoms with E-state index < -0.39 is 33.0 Å². The molecule has 0 saturated carbocycles. The van der Waals surface area contributed by atoms with Gasteiger partial charge < -0.3 is 20.5 Å². The Morgan fingerprint density at radius 3 is 2.43 bits per heavy atom. The third kappa shape index (κ3) is 2.78. The normalized spacial score (nSPS) is 10.1. The molecule has 1 heterocycles. The molecule has 1 amide bonds. The minimum atomic E-state index is -0.854. The fraction of sp³-hybridized carbons (Fsp3) is 0. The molecule has 108 valence electrons. The molecule has 1 aromatic heterocycles.